The number of ether oxygens (including phenoxy) is 1. The Hall–Kier alpha value is -3.53. The molecular weight excluding hydrogens is 334 g/mol. The van der Waals surface area contributed by atoms with Crippen LogP contribution in [0.1, 0.15) is 11.1 Å². The highest BCUT2D eigenvalue weighted by atomic mass is 16.5. The molecule has 1 atom stereocenters. The Kier molecular flexibility index (Phi) is 6.17. The van der Waals surface area contributed by atoms with Crippen molar-refractivity contribution in [3.05, 3.63) is 59.7 Å². The van der Waals surface area contributed by atoms with E-state index in [1.54, 1.807) is 62.7 Å². The van der Waals surface area contributed by atoms with Gasteiger partial charge >= 0.3 is 6.09 Å². The molecule has 7 heteroatoms. The van der Waals surface area contributed by atoms with Gasteiger partial charge in [-0.25, -0.2) is 4.79 Å². The van der Waals surface area contributed by atoms with E-state index in [2.05, 4.69) is 5.32 Å². The van der Waals surface area contributed by atoms with Crippen LogP contribution in [0.3, 0.4) is 0 Å². The Balaban J connectivity index is 2.22. The molecule has 0 fully saturated rings. The number of carbonyl (C=O) groups excluding carboxylic acids is 1. The molecule has 0 heterocycles. The lowest BCUT2D eigenvalue weighted by Gasteiger charge is -2.24. The van der Waals surface area contributed by atoms with Gasteiger partial charge in [-0.1, -0.05) is 12.1 Å². The largest absolute Gasteiger partial charge is 0.497 e. The Morgan fingerprint density at radius 1 is 1.27 bits per heavy atom. The third-order valence-corrected chi connectivity index (χ3v) is 3.88. The first-order valence-corrected chi connectivity index (χ1v) is 7.84. The smallest absolute Gasteiger partial charge is 0.405 e. The number of anilines is 1. The lowest BCUT2D eigenvalue weighted by Crippen LogP contribution is -2.48. The van der Waals surface area contributed by atoms with E-state index in [1.165, 1.54) is 4.90 Å². The first-order valence-electron chi connectivity index (χ1n) is 7.84. The van der Waals surface area contributed by atoms with Gasteiger partial charge in [0.05, 0.1) is 18.7 Å². The number of nitrogens with one attached hydrogen (secondary N) is 1. The summed E-state index contributed by atoms with van der Waals surface area (Å²) in [5.41, 5.74) is 1.76. The Labute approximate surface area is 151 Å². The molecular formula is C19H19N3O4. The molecule has 0 bridgehead atoms. The molecule has 0 spiro atoms. The number of benzene rings is 2. The number of carboxylic acid groups (broad SMARTS) is 1. The van der Waals surface area contributed by atoms with Gasteiger partial charge in [0, 0.05) is 19.2 Å². The highest BCUT2D eigenvalue weighted by Gasteiger charge is 2.25. The zero-order chi connectivity index (χ0) is 19.1. The molecule has 26 heavy (non-hydrogen) atoms. The number of nitrogens with zero attached hydrogens (tertiary/aromatic N) is 2. The summed E-state index contributed by atoms with van der Waals surface area (Å²) in [4.78, 5) is 25.3. The SMILES string of the molecule is COc1ccc(N(C)C(=O)C(Cc2cccc(C#N)c2)NC(=O)O)cc1. The summed E-state index contributed by atoms with van der Waals surface area (Å²) in [6, 6.07) is 14.6. The summed E-state index contributed by atoms with van der Waals surface area (Å²) in [7, 11) is 3.12. The van der Waals surface area contributed by atoms with Crippen LogP contribution in [0.4, 0.5) is 10.5 Å². The summed E-state index contributed by atoms with van der Waals surface area (Å²) in [5, 5.41) is 20.3. The summed E-state index contributed by atoms with van der Waals surface area (Å²) in [6.45, 7) is 0. The van der Waals surface area contributed by atoms with Crippen LogP contribution >= 0.6 is 0 Å². The number of carbonyl (C=O) groups is 2. The van der Waals surface area contributed by atoms with E-state index in [4.69, 9.17) is 15.1 Å². The van der Waals surface area contributed by atoms with E-state index in [0.717, 1.165) is 0 Å². The average molecular weight is 353 g/mol. The van der Waals surface area contributed by atoms with Crippen LogP contribution in [0.15, 0.2) is 48.5 Å². The highest BCUT2D eigenvalue weighted by Crippen LogP contribution is 2.19. The number of hydrogen-bond donors (Lipinski definition) is 2. The Morgan fingerprint density at radius 2 is 1.96 bits per heavy atom. The Morgan fingerprint density at radius 3 is 2.54 bits per heavy atom. The van der Waals surface area contributed by atoms with Crippen LogP contribution in [-0.4, -0.2) is 37.3 Å². The molecule has 0 aliphatic carbocycles. The van der Waals surface area contributed by atoms with Gasteiger partial charge in [0.25, 0.3) is 0 Å². The maximum absolute atomic E-state index is 12.8. The summed E-state index contributed by atoms with van der Waals surface area (Å²) >= 11 is 0. The minimum Gasteiger partial charge on any atom is -0.497 e. The number of rotatable bonds is 6. The third kappa shape index (κ3) is 4.74. The zero-order valence-corrected chi connectivity index (χ0v) is 14.5. The van der Waals surface area contributed by atoms with Crippen LogP contribution in [-0.2, 0) is 11.2 Å². The summed E-state index contributed by atoms with van der Waals surface area (Å²) in [5.74, 6) is 0.253. The van der Waals surface area contributed by atoms with Crippen LogP contribution in [0.25, 0.3) is 0 Å². The third-order valence-electron chi connectivity index (χ3n) is 3.88. The van der Waals surface area contributed by atoms with Gasteiger partial charge in [-0.05, 0) is 42.0 Å². The predicted octanol–water partition coefficient (Wildman–Crippen LogP) is 2.41. The van der Waals surface area contributed by atoms with E-state index in [-0.39, 0.29) is 6.42 Å². The van der Waals surface area contributed by atoms with Gasteiger partial charge in [0.2, 0.25) is 5.91 Å². The zero-order valence-electron chi connectivity index (χ0n) is 14.5. The second kappa shape index (κ2) is 8.53. The number of amides is 2. The fourth-order valence-electron chi connectivity index (χ4n) is 2.52. The summed E-state index contributed by atoms with van der Waals surface area (Å²) < 4.78 is 5.09. The number of hydrogen-bond acceptors (Lipinski definition) is 4. The van der Waals surface area contributed by atoms with Crippen molar-refractivity contribution in [3.63, 3.8) is 0 Å². The van der Waals surface area contributed by atoms with Crippen LogP contribution < -0.4 is 15.0 Å². The molecule has 0 saturated heterocycles. The van der Waals surface area contributed by atoms with Gasteiger partial charge in [-0.15, -0.1) is 0 Å². The fraction of sp³-hybridized carbons (Fsp3) is 0.211. The van der Waals surface area contributed by atoms with E-state index in [0.29, 0.717) is 22.6 Å². The van der Waals surface area contributed by atoms with Crippen molar-refractivity contribution in [1.82, 2.24) is 5.32 Å². The highest BCUT2D eigenvalue weighted by molar-refractivity contribution is 5.98. The maximum atomic E-state index is 12.8. The van der Waals surface area contributed by atoms with Crippen molar-refractivity contribution in [1.29, 1.82) is 5.26 Å². The minimum atomic E-state index is -1.29. The molecule has 2 aromatic rings. The number of likely N-dealkylation sites (N-methyl/N-ethyl adjacent to an activating group) is 1. The van der Waals surface area contributed by atoms with Crippen molar-refractivity contribution in [2.75, 3.05) is 19.1 Å². The van der Waals surface area contributed by atoms with Crippen molar-refractivity contribution in [2.24, 2.45) is 0 Å². The molecule has 2 N–H and O–H groups in total. The van der Waals surface area contributed by atoms with E-state index in [1.807, 2.05) is 6.07 Å². The van der Waals surface area contributed by atoms with Gasteiger partial charge in [-0.2, -0.15) is 5.26 Å². The molecule has 2 aromatic carbocycles. The van der Waals surface area contributed by atoms with E-state index >= 15 is 0 Å². The van der Waals surface area contributed by atoms with Crippen molar-refractivity contribution < 1.29 is 19.4 Å². The molecule has 2 rings (SSSR count). The molecule has 0 saturated carbocycles. The number of methoxy groups -OCH3 is 1. The molecule has 0 aromatic heterocycles. The van der Waals surface area contributed by atoms with Crippen LogP contribution in [0.5, 0.6) is 5.75 Å². The molecule has 7 nitrogen and oxygen atoms in total. The second-order valence-corrected chi connectivity index (χ2v) is 5.61. The first-order chi connectivity index (χ1) is 12.4. The minimum absolute atomic E-state index is 0.140. The lowest BCUT2D eigenvalue weighted by molar-refractivity contribution is -0.120. The quantitative estimate of drug-likeness (QED) is 0.830. The average Bonchev–Trinajstić information content (AvgIpc) is 2.66. The molecule has 2 amide bonds. The molecule has 0 aliphatic rings. The lowest BCUT2D eigenvalue weighted by atomic mass is 10.0. The Bertz CT molecular complexity index is 827. The molecule has 0 aliphatic heterocycles. The second-order valence-electron chi connectivity index (χ2n) is 5.61. The topological polar surface area (TPSA) is 103 Å². The molecule has 0 radical (unpaired) electrons. The first kappa shape index (κ1) is 18.8. The van der Waals surface area contributed by atoms with E-state index < -0.39 is 18.0 Å². The predicted molar refractivity (Wildman–Crippen MR) is 96.2 cm³/mol. The normalized spacial score (nSPS) is 11.1. The molecule has 134 valence electrons. The number of nitriles is 1. The maximum Gasteiger partial charge on any atom is 0.405 e. The summed E-state index contributed by atoms with van der Waals surface area (Å²) in [6.07, 6.45) is -1.15. The van der Waals surface area contributed by atoms with Crippen molar-refractivity contribution in [3.8, 4) is 11.8 Å². The van der Waals surface area contributed by atoms with Crippen LogP contribution in [0, 0.1) is 11.3 Å². The van der Waals surface area contributed by atoms with Crippen molar-refractivity contribution >= 4 is 17.7 Å². The molecule has 1 unspecified atom stereocenters. The fourth-order valence-corrected chi connectivity index (χ4v) is 2.52. The monoisotopic (exact) mass is 353 g/mol. The van der Waals surface area contributed by atoms with Crippen LogP contribution in [0.2, 0.25) is 0 Å². The van der Waals surface area contributed by atoms with Gasteiger partial charge < -0.3 is 20.1 Å². The van der Waals surface area contributed by atoms with Crippen molar-refractivity contribution in [2.45, 2.75) is 12.5 Å². The van der Waals surface area contributed by atoms with Gasteiger partial charge in [0.15, 0.2) is 0 Å². The van der Waals surface area contributed by atoms with Gasteiger partial charge in [-0.3, -0.25) is 4.79 Å². The standard InChI is InChI=1S/C19H19N3O4/c1-22(15-6-8-16(26-2)9-7-15)18(23)17(21-19(24)25)11-13-4-3-5-14(10-13)12-20/h3-10,17,21H,11H2,1-2H3,(H,24,25). The van der Waals surface area contributed by atoms with Gasteiger partial charge in [0.1, 0.15) is 11.8 Å². The van der Waals surface area contributed by atoms with E-state index in [9.17, 15) is 9.59 Å².